The van der Waals surface area contributed by atoms with Gasteiger partial charge in [-0.15, -0.1) is 5.10 Å². The van der Waals surface area contributed by atoms with Crippen molar-refractivity contribution in [1.29, 1.82) is 0 Å². The number of hydrogen-bond acceptors (Lipinski definition) is 8. The lowest BCUT2D eigenvalue weighted by Gasteiger charge is -2.34. The van der Waals surface area contributed by atoms with Crippen LogP contribution in [0.1, 0.15) is 18.1 Å². The quantitative estimate of drug-likeness (QED) is 0.680. The molecule has 0 amide bonds. The third-order valence-electron chi connectivity index (χ3n) is 5.06. The molecule has 1 aliphatic rings. The molecule has 0 aliphatic carbocycles. The Bertz CT molecular complexity index is 899. The summed E-state index contributed by atoms with van der Waals surface area (Å²) in [7, 11) is 0. The Hall–Kier alpha value is -2.65. The van der Waals surface area contributed by atoms with Gasteiger partial charge in [0, 0.05) is 44.7 Å². The molecule has 2 N–H and O–H groups in total. The van der Waals surface area contributed by atoms with Gasteiger partial charge in [0.25, 0.3) is 0 Å². The van der Waals surface area contributed by atoms with E-state index >= 15 is 0 Å². The Morgan fingerprint density at radius 1 is 1.00 bits per heavy atom. The second-order valence-electron chi connectivity index (χ2n) is 6.96. The van der Waals surface area contributed by atoms with E-state index in [1.54, 1.807) is 0 Å². The fourth-order valence-electron chi connectivity index (χ4n) is 3.49. The molecule has 1 fully saturated rings. The second-order valence-corrected chi connectivity index (χ2v) is 6.96. The molecule has 1 aromatic carbocycles. The maximum Gasteiger partial charge on any atom is 0.148 e. The van der Waals surface area contributed by atoms with Gasteiger partial charge in [0.15, 0.2) is 0 Å². The molecule has 0 spiro atoms. The van der Waals surface area contributed by atoms with E-state index in [9.17, 15) is 0 Å². The molecule has 9 nitrogen and oxygen atoms in total. The molecule has 0 bridgehead atoms. The Balaban J connectivity index is 1.26. The predicted molar refractivity (Wildman–Crippen MR) is 103 cm³/mol. The van der Waals surface area contributed by atoms with Gasteiger partial charge < -0.3 is 10.6 Å². The second kappa shape index (κ2) is 7.93. The molecular formula is C18H25N9. The molecule has 2 aromatic heterocycles. The first-order valence-electron chi connectivity index (χ1n) is 9.37. The standard InChI is InChI=1S/C18H25N9/c1-14-22-23-24-27(14)8-4-7-25-9-11-26(12-10-25)13-17-20-16-6-3-2-5-15(16)18(19)21-17/h2-3,5-6H,4,7-13H2,1H3,(H2,19,20,21). The largest absolute Gasteiger partial charge is 0.383 e. The van der Waals surface area contributed by atoms with Gasteiger partial charge in [-0.3, -0.25) is 4.90 Å². The van der Waals surface area contributed by atoms with Gasteiger partial charge in [0.2, 0.25) is 0 Å². The molecule has 3 heterocycles. The molecule has 1 saturated heterocycles. The molecule has 3 aromatic rings. The predicted octanol–water partition coefficient (Wildman–Crippen LogP) is 0.715. The number of rotatable bonds is 6. The van der Waals surface area contributed by atoms with Crippen LogP contribution in [0.2, 0.25) is 0 Å². The maximum absolute atomic E-state index is 6.10. The van der Waals surface area contributed by atoms with Gasteiger partial charge >= 0.3 is 0 Å². The summed E-state index contributed by atoms with van der Waals surface area (Å²) in [5, 5.41) is 12.5. The Morgan fingerprint density at radius 3 is 2.56 bits per heavy atom. The molecular weight excluding hydrogens is 342 g/mol. The highest BCUT2D eigenvalue weighted by molar-refractivity contribution is 5.87. The van der Waals surface area contributed by atoms with E-state index in [1.807, 2.05) is 35.9 Å². The summed E-state index contributed by atoms with van der Waals surface area (Å²) in [5.41, 5.74) is 7.01. The van der Waals surface area contributed by atoms with Crippen molar-refractivity contribution < 1.29 is 0 Å². The SMILES string of the molecule is Cc1nnnn1CCCN1CCN(Cc2nc(N)c3ccccc3n2)CC1. The number of nitrogen functional groups attached to an aromatic ring is 1. The lowest BCUT2D eigenvalue weighted by atomic mass is 10.2. The van der Waals surface area contributed by atoms with E-state index in [1.165, 1.54) is 0 Å². The minimum atomic E-state index is 0.562. The summed E-state index contributed by atoms with van der Waals surface area (Å²) < 4.78 is 1.86. The number of tetrazole rings is 1. The van der Waals surface area contributed by atoms with Gasteiger partial charge in [-0.25, -0.2) is 14.6 Å². The Kier molecular flexibility index (Phi) is 5.21. The summed E-state index contributed by atoms with van der Waals surface area (Å²) in [4.78, 5) is 14.0. The highest BCUT2D eigenvalue weighted by Gasteiger charge is 2.18. The smallest absolute Gasteiger partial charge is 0.148 e. The number of benzene rings is 1. The van der Waals surface area contributed by atoms with Crippen molar-refractivity contribution in [3.05, 3.63) is 35.9 Å². The van der Waals surface area contributed by atoms with Gasteiger partial charge in [-0.1, -0.05) is 12.1 Å². The van der Waals surface area contributed by atoms with Crippen molar-refractivity contribution in [2.24, 2.45) is 0 Å². The molecule has 4 rings (SSSR count). The minimum absolute atomic E-state index is 0.562. The van der Waals surface area contributed by atoms with E-state index in [2.05, 4.69) is 35.3 Å². The average molecular weight is 367 g/mol. The van der Waals surface area contributed by atoms with Crippen LogP contribution in [0.4, 0.5) is 5.82 Å². The van der Waals surface area contributed by atoms with Crippen molar-refractivity contribution in [3.63, 3.8) is 0 Å². The van der Waals surface area contributed by atoms with Gasteiger partial charge in [0.05, 0.1) is 12.1 Å². The van der Waals surface area contributed by atoms with Crippen LogP contribution in [0, 0.1) is 6.92 Å². The topological polar surface area (TPSA) is 102 Å². The Morgan fingerprint density at radius 2 is 1.78 bits per heavy atom. The van der Waals surface area contributed by atoms with Gasteiger partial charge in [-0.05, 0) is 35.9 Å². The lowest BCUT2D eigenvalue weighted by Crippen LogP contribution is -2.46. The number of aryl methyl sites for hydroxylation is 2. The number of nitrogens with zero attached hydrogens (tertiary/aromatic N) is 8. The van der Waals surface area contributed by atoms with Crippen molar-refractivity contribution in [2.45, 2.75) is 26.4 Å². The summed E-state index contributed by atoms with van der Waals surface area (Å²) in [6.45, 7) is 8.73. The van der Waals surface area contributed by atoms with Crippen LogP contribution in [0.15, 0.2) is 24.3 Å². The highest BCUT2D eigenvalue weighted by Crippen LogP contribution is 2.18. The van der Waals surface area contributed by atoms with Crippen LogP contribution in [-0.4, -0.2) is 72.7 Å². The van der Waals surface area contributed by atoms with E-state index < -0.39 is 0 Å². The van der Waals surface area contributed by atoms with Crippen molar-refractivity contribution in [2.75, 3.05) is 38.5 Å². The van der Waals surface area contributed by atoms with Crippen molar-refractivity contribution in [1.82, 2.24) is 40.0 Å². The maximum atomic E-state index is 6.10. The summed E-state index contributed by atoms with van der Waals surface area (Å²) in [6, 6.07) is 7.89. The molecule has 9 heteroatoms. The van der Waals surface area contributed by atoms with Crippen LogP contribution in [0.5, 0.6) is 0 Å². The number of hydrogen-bond donors (Lipinski definition) is 1. The molecule has 27 heavy (non-hydrogen) atoms. The van der Waals surface area contributed by atoms with Gasteiger partial charge in [-0.2, -0.15) is 0 Å². The van der Waals surface area contributed by atoms with Crippen LogP contribution in [0.25, 0.3) is 10.9 Å². The zero-order chi connectivity index (χ0) is 18.6. The molecule has 142 valence electrons. The summed E-state index contributed by atoms with van der Waals surface area (Å²) >= 11 is 0. The third kappa shape index (κ3) is 4.20. The molecule has 0 saturated carbocycles. The van der Waals surface area contributed by atoms with Crippen LogP contribution >= 0.6 is 0 Å². The summed E-state index contributed by atoms with van der Waals surface area (Å²) in [6.07, 6.45) is 1.05. The van der Waals surface area contributed by atoms with E-state index in [-0.39, 0.29) is 0 Å². The number of piperazine rings is 1. The van der Waals surface area contributed by atoms with Crippen LogP contribution in [-0.2, 0) is 13.1 Å². The van der Waals surface area contributed by atoms with E-state index in [4.69, 9.17) is 5.73 Å². The first-order chi connectivity index (χ1) is 13.2. The van der Waals surface area contributed by atoms with Crippen LogP contribution < -0.4 is 5.73 Å². The molecule has 0 radical (unpaired) electrons. The lowest BCUT2D eigenvalue weighted by molar-refractivity contribution is 0.122. The number of fused-ring (bicyclic) bond motifs is 1. The first-order valence-corrected chi connectivity index (χ1v) is 9.37. The molecule has 1 aliphatic heterocycles. The monoisotopic (exact) mass is 367 g/mol. The van der Waals surface area contributed by atoms with Crippen molar-refractivity contribution in [3.8, 4) is 0 Å². The average Bonchev–Trinajstić information content (AvgIpc) is 3.08. The number of nitrogens with two attached hydrogens (primary N) is 1. The fourth-order valence-corrected chi connectivity index (χ4v) is 3.49. The Labute approximate surface area is 158 Å². The first kappa shape index (κ1) is 17.7. The van der Waals surface area contributed by atoms with Crippen molar-refractivity contribution >= 4 is 16.7 Å². The molecule has 0 atom stereocenters. The zero-order valence-corrected chi connectivity index (χ0v) is 15.6. The minimum Gasteiger partial charge on any atom is -0.383 e. The third-order valence-corrected chi connectivity index (χ3v) is 5.06. The van der Waals surface area contributed by atoms with Gasteiger partial charge in [0.1, 0.15) is 17.5 Å². The zero-order valence-electron chi connectivity index (χ0n) is 15.6. The highest BCUT2D eigenvalue weighted by atomic mass is 15.5. The van der Waals surface area contributed by atoms with E-state index in [0.717, 1.165) is 74.8 Å². The number of aromatic nitrogens is 6. The normalized spacial score (nSPS) is 16.2. The molecule has 0 unspecified atom stereocenters. The fraction of sp³-hybridized carbons (Fsp3) is 0.500. The summed E-state index contributed by atoms with van der Waals surface area (Å²) in [5.74, 6) is 2.23. The van der Waals surface area contributed by atoms with E-state index in [0.29, 0.717) is 5.82 Å². The number of anilines is 1. The van der Waals surface area contributed by atoms with Crippen LogP contribution in [0.3, 0.4) is 0 Å². The number of para-hydroxylation sites is 1.